The first-order chi connectivity index (χ1) is 20.8. The SMILES string of the molecule is Cc1ccc2ccccc2c1CC(=O)N(Cc1ccc(-c2cccc(C(C)(C)C(=O)O)c2)cc1)Cc1ccc(C(F)(F)F)o1. The molecule has 0 saturated carbocycles. The van der Waals surface area contributed by atoms with Crippen LogP contribution in [0.5, 0.6) is 0 Å². The second-order valence-electron chi connectivity index (χ2n) is 11.5. The smallest absolute Gasteiger partial charge is 0.449 e. The van der Waals surface area contributed by atoms with E-state index in [0.29, 0.717) is 5.56 Å². The highest BCUT2D eigenvalue weighted by atomic mass is 19.4. The van der Waals surface area contributed by atoms with Gasteiger partial charge in [-0.2, -0.15) is 13.2 Å². The van der Waals surface area contributed by atoms with E-state index in [9.17, 15) is 27.9 Å². The number of carbonyl (C=O) groups is 2. The van der Waals surface area contributed by atoms with Gasteiger partial charge in [0.15, 0.2) is 0 Å². The van der Waals surface area contributed by atoms with Crippen LogP contribution < -0.4 is 0 Å². The van der Waals surface area contributed by atoms with Crippen molar-refractivity contribution < 1.29 is 32.3 Å². The van der Waals surface area contributed by atoms with E-state index in [0.717, 1.165) is 44.7 Å². The van der Waals surface area contributed by atoms with Gasteiger partial charge in [-0.25, -0.2) is 0 Å². The molecule has 1 amide bonds. The van der Waals surface area contributed by atoms with Crippen LogP contribution in [0, 0.1) is 6.92 Å². The van der Waals surface area contributed by atoms with Gasteiger partial charge in [0, 0.05) is 6.54 Å². The number of hydrogen-bond acceptors (Lipinski definition) is 3. The van der Waals surface area contributed by atoms with Crippen LogP contribution in [0.4, 0.5) is 13.2 Å². The van der Waals surface area contributed by atoms with Crippen molar-refractivity contribution in [2.75, 3.05) is 0 Å². The predicted octanol–water partition coefficient (Wildman–Crippen LogP) is 8.56. The van der Waals surface area contributed by atoms with Crippen molar-refractivity contribution in [3.05, 3.63) is 131 Å². The Labute approximate surface area is 253 Å². The Kier molecular flexibility index (Phi) is 8.37. The van der Waals surface area contributed by atoms with Crippen molar-refractivity contribution in [1.82, 2.24) is 4.90 Å². The van der Waals surface area contributed by atoms with Gasteiger partial charge in [-0.3, -0.25) is 9.59 Å². The minimum atomic E-state index is -4.63. The molecule has 4 aromatic carbocycles. The number of amides is 1. The molecule has 0 spiro atoms. The van der Waals surface area contributed by atoms with E-state index in [1.807, 2.05) is 85.8 Å². The zero-order valence-corrected chi connectivity index (χ0v) is 24.6. The highest BCUT2D eigenvalue weighted by Crippen LogP contribution is 2.32. The van der Waals surface area contributed by atoms with Crippen molar-refractivity contribution in [2.24, 2.45) is 0 Å². The summed E-state index contributed by atoms with van der Waals surface area (Å²) >= 11 is 0. The number of fused-ring (bicyclic) bond motifs is 1. The van der Waals surface area contributed by atoms with Crippen molar-refractivity contribution in [3.63, 3.8) is 0 Å². The molecule has 0 atom stereocenters. The molecule has 1 N–H and O–H groups in total. The summed E-state index contributed by atoms with van der Waals surface area (Å²) in [7, 11) is 0. The Balaban J connectivity index is 1.42. The second kappa shape index (κ2) is 12.0. The monoisotopic (exact) mass is 599 g/mol. The van der Waals surface area contributed by atoms with Gasteiger partial charge in [0.05, 0.1) is 18.4 Å². The number of aryl methyl sites for hydroxylation is 1. The molecule has 1 aromatic heterocycles. The molecule has 0 saturated heterocycles. The number of carboxylic acid groups (broad SMARTS) is 1. The maximum Gasteiger partial charge on any atom is 0.449 e. The van der Waals surface area contributed by atoms with Gasteiger partial charge in [-0.05, 0) is 77.1 Å². The summed E-state index contributed by atoms with van der Waals surface area (Å²) in [5, 5.41) is 11.6. The highest BCUT2D eigenvalue weighted by molar-refractivity contribution is 5.91. The first kappa shape index (κ1) is 30.6. The van der Waals surface area contributed by atoms with E-state index in [2.05, 4.69) is 0 Å². The zero-order valence-electron chi connectivity index (χ0n) is 24.6. The van der Waals surface area contributed by atoms with Gasteiger partial charge >= 0.3 is 12.1 Å². The molecule has 0 aliphatic heterocycles. The maximum atomic E-state index is 13.8. The fourth-order valence-electron chi connectivity index (χ4n) is 5.21. The Morgan fingerprint density at radius 2 is 1.55 bits per heavy atom. The maximum absolute atomic E-state index is 13.8. The standard InChI is InChI=1S/C36H32F3NO4/c1-23-11-14-26-7-4-5-10-30(26)31(23)20-33(41)40(22-29-17-18-32(44-29)36(37,38)39)21-24-12-15-25(16-13-24)27-8-6-9-28(19-27)35(2,3)34(42)43/h4-19H,20-22H2,1-3H3,(H,42,43). The number of furan rings is 1. The first-order valence-electron chi connectivity index (χ1n) is 14.2. The van der Waals surface area contributed by atoms with Crippen LogP contribution in [0.3, 0.4) is 0 Å². The van der Waals surface area contributed by atoms with E-state index in [1.165, 1.54) is 11.0 Å². The number of aliphatic carboxylic acids is 1. The molecule has 0 aliphatic rings. The van der Waals surface area contributed by atoms with Crippen molar-refractivity contribution in [2.45, 2.75) is 51.9 Å². The molecular weight excluding hydrogens is 567 g/mol. The number of nitrogens with zero attached hydrogens (tertiary/aromatic N) is 1. The van der Waals surface area contributed by atoms with Gasteiger partial charge < -0.3 is 14.4 Å². The Morgan fingerprint density at radius 1 is 0.818 bits per heavy atom. The van der Waals surface area contributed by atoms with Crippen LogP contribution in [0.25, 0.3) is 21.9 Å². The number of hydrogen-bond donors (Lipinski definition) is 1. The van der Waals surface area contributed by atoms with Crippen LogP contribution in [0.2, 0.25) is 0 Å². The summed E-state index contributed by atoms with van der Waals surface area (Å²) in [6, 6.07) is 28.7. The van der Waals surface area contributed by atoms with E-state index in [-0.39, 0.29) is 31.2 Å². The van der Waals surface area contributed by atoms with Crippen molar-refractivity contribution in [1.29, 1.82) is 0 Å². The average molecular weight is 600 g/mol. The molecule has 1 heterocycles. The summed E-state index contributed by atoms with van der Waals surface area (Å²) in [6.07, 6.45) is -4.55. The van der Waals surface area contributed by atoms with Gasteiger partial charge in [-0.15, -0.1) is 0 Å². The third-order valence-corrected chi connectivity index (χ3v) is 8.02. The summed E-state index contributed by atoms with van der Waals surface area (Å²) in [5.74, 6) is -2.24. The Morgan fingerprint density at radius 3 is 2.23 bits per heavy atom. The molecule has 5 nitrogen and oxygen atoms in total. The second-order valence-corrected chi connectivity index (χ2v) is 11.5. The van der Waals surface area contributed by atoms with E-state index in [4.69, 9.17) is 4.42 Å². The van der Waals surface area contributed by atoms with Crippen molar-refractivity contribution >= 4 is 22.6 Å². The molecule has 0 aliphatic carbocycles. The number of rotatable bonds is 9. The van der Waals surface area contributed by atoms with Crippen molar-refractivity contribution in [3.8, 4) is 11.1 Å². The lowest BCUT2D eigenvalue weighted by molar-refractivity contribution is -0.153. The molecule has 0 bridgehead atoms. The van der Waals surface area contributed by atoms with Gasteiger partial charge in [0.2, 0.25) is 11.7 Å². The number of carboxylic acids is 1. The topological polar surface area (TPSA) is 70.8 Å². The molecule has 5 rings (SSSR count). The molecule has 5 aromatic rings. The lowest BCUT2D eigenvalue weighted by Crippen LogP contribution is -2.31. The fourth-order valence-corrected chi connectivity index (χ4v) is 5.21. The molecule has 226 valence electrons. The Bertz CT molecular complexity index is 1820. The quantitative estimate of drug-likeness (QED) is 0.184. The minimum Gasteiger partial charge on any atom is -0.481 e. The third kappa shape index (κ3) is 6.54. The van der Waals surface area contributed by atoms with E-state index >= 15 is 0 Å². The first-order valence-corrected chi connectivity index (χ1v) is 14.2. The fraction of sp³-hybridized carbons (Fsp3) is 0.222. The summed E-state index contributed by atoms with van der Waals surface area (Å²) in [6.45, 7) is 5.26. The predicted molar refractivity (Wildman–Crippen MR) is 163 cm³/mol. The normalized spacial score (nSPS) is 12.0. The van der Waals surface area contributed by atoms with Gasteiger partial charge in [-0.1, -0.05) is 84.9 Å². The summed E-state index contributed by atoms with van der Waals surface area (Å²) < 4.78 is 44.8. The molecule has 8 heteroatoms. The number of alkyl halides is 3. The van der Waals surface area contributed by atoms with Gasteiger partial charge in [0.25, 0.3) is 0 Å². The summed E-state index contributed by atoms with van der Waals surface area (Å²) in [5.41, 5.74) is 3.92. The minimum absolute atomic E-state index is 0.0368. The zero-order chi connectivity index (χ0) is 31.6. The third-order valence-electron chi connectivity index (χ3n) is 8.02. The average Bonchev–Trinajstić information content (AvgIpc) is 3.48. The van der Waals surface area contributed by atoms with E-state index < -0.39 is 23.3 Å². The molecule has 44 heavy (non-hydrogen) atoms. The van der Waals surface area contributed by atoms with Crippen LogP contribution in [-0.2, 0) is 40.7 Å². The van der Waals surface area contributed by atoms with Crippen LogP contribution in [0.1, 0.15) is 47.6 Å². The number of benzene rings is 4. The van der Waals surface area contributed by atoms with Crippen LogP contribution in [-0.4, -0.2) is 21.9 Å². The molecular formula is C36H32F3NO4. The lowest BCUT2D eigenvalue weighted by atomic mass is 9.83. The number of halogens is 3. The molecule has 0 radical (unpaired) electrons. The van der Waals surface area contributed by atoms with Gasteiger partial charge in [0.1, 0.15) is 5.76 Å². The largest absolute Gasteiger partial charge is 0.481 e. The summed E-state index contributed by atoms with van der Waals surface area (Å²) in [4.78, 5) is 27.1. The number of carbonyl (C=O) groups excluding carboxylic acids is 1. The lowest BCUT2D eigenvalue weighted by Gasteiger charge is -2.23. The van der Waals surface area contributed by atoms with Crippen LogP contribution >= 0.6 is 0 Å². The van der Waals surface area contributed by atoms with Crippen LogP contribution in [0.15, 0.2) is 101 Å². The molecule has 0 fully saturated rings. The Hall–Kier alpha value is -4.85. The highest BCUT2D eigenvalue weighted by Gasteiger charge is 2.35. The van der Waals surface area contributed by atoms with E-state index in [1.54, 1.807) is 19.9 Å². The molecule has 0 unspecified atom stereocenters.